The summed E-state index contributed by atoms with van der Waals surface area (Å²) < 4.78 is 6.05. The molecule has 0 spiro atoms. The Hall–Kier alpha value is -3.90. The summed E-state index contributed by atoms with van der Waals surface area (Å²) in [4.78, 5) is 45.1. The van der Waals surface area contributed by atoms with Gasteiger partial charge in [0.15, 0.2) is 0 Å². The van der Waals surface area contributed by atoms with E-state index in [2.05, 4.69) is 41.6 Å². The smallest absolute Gasteiger partial charge is 0.273 e. The minimum atomic E-state index is -0.439. The van der Waals surface area contributed by atoms with E-state index in [1.165, 1.54) is 0 Å². The second-order valence-electron chi connectivity index (χ2n) is 11.0. The van der Waals surface area contributed by atoms with Crippen LogP contribution >= 0.6 is 15.9 Å². The van der Waals surface area contributed by atoms with Crippen LogP contribution in [0.1, 0.15) is 37.4 Å². The van der Waals surface area contributed by atoms with Crippen molar-refractivity contribution < 1.29 is 19.1 Å². The Balaban J connectivity index is 1.12. The average molecular weight is 662 g/mol. The number of rotatable bonds is 9. The maximum atomic E-state index is 13.1. The topological polar surface area (TPSA) is 107 Å². The summed E-state index contributed by atoms with van der Waals surface area (Å²) >= 11 is 3.41. The molecular weight excluding hydrogens is 624 g/mol. The first-order valence-corrected chi connectivity index (χ1v) is 15.5. The van der Waals surface area contributed by atoms with E-state index in [0.717, 1.165) is 49.4 Å². The van der Waals surface area contributed by atoms with Crippen molar-refractivity contribution >= 4 is 45.6 Å². The van der Waals surface area contributed by atoms with E-state index in [4.69, 9.17) is 4.74 Å². The zero-order valence-electron chi connectivity index (χ0n) is 24.8. The fourth-order valence-corrected chi connectivity index (χ4v) is 5.48. The summed E-state index contributed by atoms with van der Waals surface area (Å²) in [5, 5.41) is 6.94. The fourth-order valence-electron chi connectivity index (χ4n) is 5.12. The number of hydrazone groups is 1. The zero-order chi connectivity index (χ0) is 30.9. The number of halogens is 1. The SMILES string of the molecule is Cc1ccc(/C=N/NC(=O)c2cc(Br)ccc2NC(=O)c2ccc(CN3CCN(CC(=O)N4CCOCC4)CC3)cc2)cc1. The maximum Gasteiger partial charge on any atom is 0.273 e. The predicted molar refractivity (Wildman–Crippen MR) is 174 cm³/mol. The number of carbonyl (C=O) groups is 3. The number of amides is 3. The van der Waals surface area contributed by atoms with Crippen LogP contribution in [0.25, 0.3) is 0 Å². The van der Waals surface area contributed by atoms with Crippen LogP contribution in [-0.2, 0) is 16.1 Å². The summed E-state index contributed by atoms with van der Waals surface area (Å²) in [5.74, 6) is -0.571. The lowest BCUT2D eigenvalue weighted by molar-refractivity contribution is -0.136. The fraction of sp³-hybridized carbons (Fsp3) is 0.333. The molecule has 3 aromatic carbocycles. The Morgan fingerprint density at radius 2 is 1.55 bits per heavy atom. The standard InChI is InChI=1S/C33H37BrN6O4/c1-24-2-4-25(5-3-24)21-35-37-33(43)29-20-28(34)10-11-30(29)36-32(42)27-8-6-26(7-9-27)22-38-12-14-39(15-13-38)23-31(41)40-16-18-44-19-17-40/h2-11,20-21H,12-19,22-23H2,1H3,(H,36,42)(H,37,43)/b35-21+. The summed E-state index contributed by atoms with van der Waals surface area (Å²) in [7, 11) is 0. The van der Waals surface area contributed by atoms with Gasteiger partial charge < -0.3 is 15.0 Å². The first-order chi connectivity index (χ1) is 21.3. The third-order valence-electron chi connectivity index (χ3n) is 7.74. The molecule has 44 heavy (non-hydrogen) atoms. The highest BCUT2D eigenvalue weighted by Crippen LogP contribution is 2.22. The first-order valence-electron chi connectivity index (χ1n) is 14.7. The Labute approximate surface area is 266 Å². The third-order valence-corrected chi connectivity index (χ3v) is 8.23. The Morgan fingerprint density at radius 3 is 2.25 bits per heavy atom. The van der Waals surface area contributed by atoms with Crippen LogP contribution in [0.4, 0.5) is 5.69 Å². The molecule has 0 bridgehead atoms. The van der Waals surface area contributed by atoms with Crippen LogP contribution in [-0.4, -0.2) is 97.7 Å². The molecular formula is C33H37BrN6O4. The first kappa shape index (κ1) is 31.5. The van der Waals surface area contributed by atoms with Crippen molar-refractivity contribution in [3.05, 3.63) is 99.0 Å². The summed E-state index contributed by atoms with van der Waals surface area (Å²) in [6.07, 6.45) is 1.57. The van der Waals surface area contributed by atoms with Gasteiger partial charge in [-0.15, -0.1) is 0 Å². The van der Waals surface area contributed by atoms with Crippen molar-refractivity contribution in [2.24, 2.45) is 5.10 Å². The number of anilines is 1. The zero-order valence-corrected chi connectivity index (χ0v) is 26.4. The lowest BCUT2D eigenvalue weighted by Gasteiger charge is -2.36. The van der Waals surface area contributed by atoms with E-state index < -0.39 is 5.91 Å². The number of aryl methyl sites for hydroxylation is 1. The second kappa shape index (κ2) is 15.2. The van der Waals surface area contributed by atoms with E-state index in [1.54, 1.807) is 36.5 Å². The maximum absolute atomic E-state index is 13.1. The van der Waals surface area contributed by atoms with Crippen LogP contribution in [0.2, 0.25) is 0 Å². The largest absolute Gasteiger partial charge is 0.378 e. The number of ether oxygens (including phenoxy) is 1. The molecule has 3 aromatic rings. The highest BCUT2D eigenvalue weighted by Gasteiger charge is 2.23. The quantitative estimate of drug-likeness (QED) is 0.268. The van der Waals surface area contributed by atoms with E-state index in [0.29, 0.717) is 48.6 Å². The Bertz CT molecular complexity index is 1480. The van der Waals surface area contributed by atoms with Crippen LogP contribution < -0.4 is 10.7 Å². The van der Waals surface area contributed by atoms with E-state index in [1.807, 2.05) is 48.2 Å². The third kappa shape index (κ3) is 8.82. The van der Waals surface area contributed by atoms with Crippen LogP contribution in [0, 0.1) is 6.92 Å². The molecule has 0 unspecified atom stereocenters. The molecule has 10 nitrogen and oxygen atoms in total. The van der Waals surface area contributed by atoms with Gasteiger partial charge in [0, 0.05) is 55.8 Å². The van der Waals surface area contributed by atoms with Gasteiger partial charge in [0.1, 0.15) is 0 Å². The molecule has 2 aliphatic heterocycles. The van der Waals surface area contributed by atoms with Gasteiger partial charge in [-0.25, -0.2) is 5.43 Å². The van der Waals surface area contributed by atoms with E-state index in [-0.39, 0.29) is 17.4 Å². The molecule has 0 saturated carbocycles. The molecule has 3 amide bonds. The molecule has 0 aliphatic carbocycles. The lowest BCUT2D eigenvalue weighted by atomic mass is 10.1. The number of nitrogens with one attached hydrogen (secondary N) is 2. The number of morpholine rings is 1. The molecule has 0 atom stereocenters. The molecule has 0 aromatic heterocycles. The van der Waals surface area contributed by atoms with Gasteiger partial charge in [-0.2, -0.15) is 5.10 Å². The van der Waals surface area contributed by atoms with Gasteiger partial charge in [-0.05, 0) is 48.4 Å². The Morgan fingerprint density at radius 1 is 0.864 bits per heavy atom. The molecule has 11 heteroatoms. The molecule has 230 valence electrons. The normalized spacial score (nSPS) is 16.2. The molecule has 5 rings (SSSR count). The van der Waals surface area contributed by atoms with Gasteiger partial charge in [0.25, 0.3) is 11.8 Å². The molecule has 2 aliphatic rings. The van der Waals surface area contributed by atoms with Crippen molar-refractivity contribution in [3.63, 3.8) is 0 Å². The van der Waals surface area contributed by atoms with Crippen molar-refractivity contribution in [2.45, 2.75) is 13.5 Å². The molecule has 2 N–H and O–H groups in total. The van der Waals surface area contributed by atoms with Gasteiger partial charge >= 0.3 is 0 Å². The highest BCUT2D eigenvalue weighted by atomic mass is 79.9. The van der Waals surface area contributed by atoms with E-state index in [9.17, 15) is 14.4 Å². The van der Waals surface area contributed by atoms with Crippen molar-refractivity contribution in [1.82, 2.24) is 20.1 Å². The van der Waals surface area contributed by atoms with Crippen molar-refractivity contribution in [1.29, 1.82) is 0 Å². The molecule has 0 radical (unpaired) electrons. The minimum Gasteiger partial charge on any atom is -0.378 e. The number of benzene rings is 3. The van der Waals surface area contributed by atoms with Gasteiger partial charge in [-0.3, -0.25) is 24.2 Å². The summed E-state index contributed by atoms with van der Waals surface area (Å²) in [6, 6.07) is 20.4. The average Bonchev–Trinajstić information content (AvgIpc) is 3.04. The van der Waals surface area contributed by atoms with Crippen LogP contribution in [0.15, 0.2) is 76.3 Å². The summed E-state index contributed by atoms with van der Waals surface area (Å²) in [5.41, 5.74) is 6.81. The number of nitrogens with zero attached hydrogens (tertiary/aromatic N) is 4. The Kier molecular flexibility index (Phi) is 10.9. The van der Waals surface area contributed by atoms with Gasteiger partial charge in [0.2, 0.25) is 5.91 Å². The number of piperazine rings is 1. The van der Waals surface area contributed by atoms with Crippen molar-refractivity contribution in [2.75, 3.05) is 64.3 Å². The van der Waals surface area contributed by atoms with Crippen LogP contribution in [0.3, 0.4) is 0 Å². The van der Waals surface area contributed by atoms with Crippen LogP contribution in [0.5, 0.6) is 0 Å². The monoisotopic (exact) mass is 660 g/mol. The second-order valence-corrected chi connectivity index (χ2v) is 11.9. The van der Waals surface area contributed by atoms with Crippen molar-refractivity contribution in [3.8, 4) is 0 Å². The molecule has 2 fully saturated rings. The molecule has 2 saturated heterocycles. The molecule has 2 heterocycles. The predicted octanol–water partition coefficient (Wildman–Crippen LogP) is 3.75. The summed E-state index contributed by atoms with van der Waals surface area (Å²) in [6.45, 7) is 9.27. The number of hydrogen-bond donors (Lipinski definition) is 2. The van der Waals surface area contributed by atoms with Gasteiger partial charge in [-0.1, -0.05) is 57.9 Å². The minimum absolute atomic E-state index is 0.179. The van der Waals surface area contributed by atoms with E-state index >= 15 is 0 Å². The lowest BCUT2D eigenvalue weighted by Crippen LogP contribution is -2.51. The van der Waals surface area contributed by atoms with Gasteiger partial charge in [0.05, 0.1) is 37.2 Å². The number of carbonyl (C=O) groups excluding carboxylic acids is 3. The highest BCUT2D eigenvalue weighted by molar-refractivity contribution is 9.10. The number of hydrogen-bond acceptors (Lipinski definition) is 7.